The van der Waals surface area contributed by atoms with Crippen molar-refractivity contribution in [3.63, 3.8) is 0 Å². The summed E-state index contributed by atoms with van der Waals surface area (Å²) >= 11 is 0. The minimum Gasteiger partial charge on any atom is -0.364 e. The van der Waals surface area contributed by atoms with Gasteiger partial charge in [-0.3, -0.25) is 8.74 Å². The molecule has 6 nitrogen and oxygen atoms in total. The van der Waals surface area contributed by atoms with Crippen LogP contribution in [0.3, 0.4) is 0 Å². The highest BCUT2D eigenvalue weighted by atomic mass is 32.3. The van der Waals surface area contributed by atoms with Crippen LogP contribution in [0.2, 0.25) is 0 Å². The highest BCUT2D eigenvalue weighted by molar-refractivity contribution is 7.80. The Morgan fingerprint density at radius 3 is 1.77 bits per heavy atom. The van der Waals surface area contributed by atoms with E-state index < -0.39 is 16.1 Å². The zero-order chi connectivity index (χ0) is 11.1. The molecule has 3 N–H and O–H groups in total. The molecule has 0 fully saturated rings. The molecule has 0 aromatic carbocycles. The molecule has 1 unspecified atom stereocenters. The van der Waals surface area contributed by atoms with Gasteiger partial charge in [0.25, 0.3) is 0 Å². The van der Waals surface area contributed by atoms with E-state index >= 15 is 0 Å². The summed E-state index contributed by atoms with van der Waals surface area (Å²) in [4.78, 5) is 0. The summed E-state index contributed by atoms with van der Waals surface area (Å²) in [6.45, 7) is 3.84. The molecule has 0 aliphatic heterocycles. The summed E-state index contributed by atoms with van der Waals surface area (Å²) in [6.07, 6.45) is 0.851. The van der Waals surface area contributed by atoms with Gasteiger partial charge in [0.05, 0.1) is 7.11 Å². The lowest BCUT2D eigenvalue weighted by atomic mass is 10.2. The smallest absolute Gasteiger partial charge is 0.364 e. The van der Waals surface area contributed by atoms with E-state index in [2.05, 4.69) is 4.18 Å². The van der Waals surface area contributed by atoms with Gasteiger partial charge in [0, 0.05) is 7.11 Å². The maximum absolute atomic E-state index is 9.33. The van der Waals surface area contributed by atoms with Gasteiger partial charge in [-0.2, -0.15) is 8.42 Å². The van der Waals surface area contributed by atoms with Gasteiger partial charge in [-0.15, -0.1) is 0 Å². The predicted molar refractivity (Wildman–Crippen MR) is 48.5 cm³/mol. The first kappa shape index (κ1) is 15.3. The van der Waals surface area contributed by atoms with Crippen LogP contribution in [-0.2, 0) is 19.3 Å². The molecular formula is C6H17NO5S. The molecule has 0 amide bonds. The molecule has 0 aromatic heterocycles. The Kier molecular flexibility index (Phi) is 7.37. The minimum absolute atomic E-state index is 0.417. The summed E-state index contributed by atoms with van der Waals surface area (Å²) in [7, 11) is -1.68. The average Bonchev–Trinajstić information content (AvgIpc) is 2.04. The van der Waals surface area contributed by atoms with Crippen LogP contribution in [0.5, 0.6) is 0 Å². The van der Waals surface area contributed by atoms with E-state index in [0.717, 1.165) is 13.5 Å². The quantitative estimate of drug-likeness (QED) is 0.513. The van der Waals surface area contributed by atoms with E-state index in [1.807, 2.05) is 13.8 Å². The van der Waals surface area contributed by atoms with Crippen molar-refractivity contribution in [2.24, 2.45) is 5.73 Å². The first-order chi connectivity index (χ1) is 5.68. The van der Waals surface area contributed by atoms with Gasteiger partial charge in [0.1, 0.15) is 5.72 Å². The Bertz CT molecular complexity index is 205. The van der Waals surface area contributed by atoms with Gasteiger partial charge in [0.2, 0.25) is 0 Å². The van der Waals surface area contributed by atoms with E-state index in [1.165, 1.54) is 0 Å². The first-order valence-corrected chi connectivity index (χ1v) is 4.92. The zero-order valence-corrected chi connectivity index (χ0v) is 9.09. The van der Waals surface area contributed by atoms with Gasteiger partial charge < -0.3 is 10.5 Å². The van der Waals surface area contributed by atoms with Crippen LogP contribution in [0.15, 0.2) is 0 Å². The van der Waals surface area contributed by atoms with Crippen molar-refractivity contribution in [2.75, 3.05) is 14.2 Å². The van der Waals surface area contributed by atoms with E-state index in [4.69, 9.17) is 15.0 Å². The maximum Gasteiger partial charge on any atom is 0.397 e. The van der Waals surface area contributed by atoms with Gasteiger partial charge in [-0.25, -0.2) is 0 Å². The number of nitrogens with two attached hydrogens (primary N) is 1. The lowest BCUT2D eigenvalue weighted by Gasteiger charge is -2.19. The van der Waals surface area contributed by atoms with Gasteiger partial charge in [-0.05, 0) is 13.3 Å². The Morgan fingerprint density at radius 1 is 1.46 bits per heavy atom. The number of rotatable bonds is 3. The third-order valence-electron chi connectivity index (χ3n) is 1.38. The summed E-state index contributed by atoms with van der Waals surface area (Å²) in [6, 6.07) is 0. The number of ether oxygens (including phenoxy) is 1. The number of hydrogen-bond acceptors (Lipinski definition) is 5. The monoisotopic (exact) mass is 215 g/mol. The largest absolute Gasteiger partial charge is 0.397 e. The summed E-state index contributed by atoms with van der Waals surface area (Å²) in [5, 5.41) is 0. The predicted octanol–water partition coefficient (Wildman–Crippen LogP) is 0.153. The van der Waals surface area contributed by atoms with Crippen molar-refractivity contribution in [1.82, 2.24) is 0 Å². The van der Waals surface area contributed by atoms with E-state index in [-0.39, 0.29) is 0 Å². The van der Waals surface area contributed by atoms with Crippen molar-refractivity contribution in [3.05, 3.63) is 0 Å². The second kappa shape index (κ2) is 6.28. The van der Waals surface area contributed by atoms with Crippen molar-refractivity contribution >= 4 is 10.4 Å². The van der Waals surface area contributed by atoms with Crippen LogP contribution in [0.25, 0.3) is 0 Å². The molecule has 0 saturated heterocycles. The summed E-state index contributed by atoms with van der Waals surface area (Å²) < 4.78 is 34.6. The third-order valence-corrected chi connectivity index (χ3v) is 1.80. The number of methoxy groups -OCH3 is 1. The molecule has 1 atom stereocenters. The van der Waals surface area contributed by atoms with Crippen LogP contribution < -0.4 is 5.73 Å². The second-order valence-corrected chi connectivity index (χ2v) is 3.65. The molecule has 0 aromatic rings. The highest BCUT2D eigenvalue weighted by Gasteiger charge is 2.11. The molecule has 0 saturated carbocycles. The molecule has 82 valence electrons. The fourth-order valence-electron chi connectivity index (χ4n) is 0.144. The molecular weight excluding hydrogens is 198 g/mol. The van der Waals surface area contributed by atoms with Crippen molar-refractivity contribution in [2.45, 2.75) is 26.0 Å². The molecule has 0 radical (unpaired) electrons. The normalized spacial score (nSPS) is 15.5. The van der Waals surface area contributed by atoms with Crippen molar-refractivity contribution in [3.8, 4) is 0 Å². The van der Waals surface area contributed by atoms with Gasteiger partial charge >= 0.3 is 10.4 Å². The molecule has 13 heavy (non-hydrogen) atoms. The Hall–Kier alpha value is -0.210. The molecule has 0 aliphatic rings. The molecule has 0 bridgehead atoms. The van der Waals surface area contributed by atoms with Crippen LogP contribution in [0, 0.1) is 0 Å². The minimum atomic E-state index is -4.16. The lowest BCUT2D eigenvalue weighted by molar-refractivity contribution is 0.00856. The van der Waals surface area contributed by atoms with E-state index in [1.54, 1.807) is 7.11 Å². The molecule has 0 aliphatic carbocycles. The summed E-state index contributed by atoms with van der Waals surface area (Å²) in [5.41, 5.74) is 5.08. The first-order valence-electron chi connectivity index (χ1n) is 3.55. The Labute approximate surface area is 79.0 Å². The zero-order valence-electron chi connectivity index (χ0n) is 8.27. The van der Waals surface area contributed by atoms with Crippen molar-refractivity contribution < 1.29 is 21.9 Å². The van der Waals surface area contributed by atoms with Crippen LogP contribution in [-0.4, -0.2) is 32.9 Å². The summed E-state index contributed by atoms with van der Waals surface area (Å²) in [5.74, 6) is 0. The SMILES string of the molecule is CCC(C)(N)OC.COS(=O)(=O)O. The van der Waals surface area contributed by atoms with Crippen molar-refractivity contribution in [1.29, 1.82) is 0 Å². The molecule has 0 rings (SSSR count). The average molecular weight is 215 g/mol. The maximum atomic E-state index is 9.33. The van der Waals surface area contributed by atoms with E-state index in [0.29, 0.717) is 0 Å². The fraction of sp³-hybridized carbons (Fsp3) is 1.00. The van der Waals surface area contributed by atoms with Gasteiger partial charge in [0.15, 0.2) is 0 Å². The van der Waals surface area contributed by atoms with Crippen LogP contribution >= 0.6 is 0 Å². The third kappa shape index (κ3) is 14.6. The Morgan fingerprint density at radius 2 is 1.77 bits per heavy atom. The fourth-order valence-corrected chi connectivity index (χ4v) is 0.144. The highest BCUT2D eigenvalue weighted by Crippen LogP contribution is 2.02. The molecule has 0 spiro atoms. The molecule has 0 heterocycles. The number of hydrogen-bond donors (Lipinski definition) is 2. The van der Waals surface area contributed by atoms with Crippen LogP contribution in [0.4, 0.5) is 0 Å². The topological polar surface area (TPSA) is 98.9 Å². The van der Waals surface area contributed by atoms with Gasteiger partial charge in [-0.1, -0.05) is 6.92 Å². The Balaban J connectivity index is 0. The van der Waals surface area contributed by atoms with E-state index in [9.17, 15) is 8.42 Å². The molecule has 7 heteroatoms. The van der Waals surface area contributed by atoms with Crippen LogP contribution in [0.1, 0.15) is 20.3 Å². The second-order valence-electron chi connectivity index (χ2n) is 2.46. The standard InChI is InChI=1S/C5H13NO.CH4O4S/c1-4-5(2,6)7-3;1-5-6(2,3)4/h4,6H2,1-3H3;1H3,(H,2,3,4). The lowest BCUT2D eigenvalue weighted by Crippen LogP contribution is -2.36.